The Bertz CT molecular complexity index is 488. The zero-order valence-corrected chi connectivity index (χ0v) is 10.3. The van der Waals surface area contributed by atoms with Crippen molar-refractivity contribution in [3.05, 3.63) is 23.8 Å². The van der Waals surface area contributed by atoms with Crippen LogP contribution in [0.2, 0.25) is 0 Å². The Hall–Kier alpha value is -1.56. The van der Waals surface area contributed by atoms with Crippen LogP contribution >= 0.6 is 15.9 Å². The van der Waals surface area contributed by atoms with Gasteiger partial charge in [0.2, 0.25) is 5.91 Å². The van der Waals surface area contributed by atoms with Crippen molar-refractivity contribution in [2.75, 3.05) is 11.4 Å². The van der Waals surface area contributed by atoms with E-state index in [2.05, 4.69) is 15.9 Å². The molecule has 0 aromatic heterocycles. The number of aromatic hydroxyl groups is 1. The number of hydrogen-bond acceptors (Lipinski definition) is 3. The van der Waals surface area contributed by atoms with E-state index in [0.29, 0.717) is 18.7 Å². The molecule has 1 amide bonds. The van der Waals surface area contributed by atoms with Crippen LogP contribution in [0.1, 0.15) is 16.8 Å². The van der Waals surface area contributed by atoms with Gasteiger partial charge in [0.1, 0.15) is 11.3 Å². The van der Waals surface area contributed by atoms with Gasteiger partial charge in [0, 0.05) is 23.5 Å². The highest BCUT2D eigenvalue weighted by Gasteiger charge is 2.29. The molecular formula is C11H10BrNO4. The Balaban J connectivity index is 2.37. The fraction of sp³-hybridized carbons (Fsp3) is 0.273. The van der Waals surface area contributed by atoms with Crippen LogP contribution in [0, 0.1) is 0 Å². The molecule has 2 rings (SSSR count). The summed E-state index contributed by atoms with van der Waals surface area (Å²) in [5.41, 5.74) is 0.292. The molecule has 1 aliphatic rings. The number of rotatable bonds is 2. The van der Waals surface area contributed by atoms with Gasteiger partial charge in [-0.2, -0.15) is 0 Å². The van der Waals surface area contributed by atoms with E-state index in [0.717, 1.165) is 0 Å². The summed E-state index contributed by atoms with van der Waals surface area (Å²) in [6, 6.07) is 4.12. The molecule has 1 aromatic carbocycles. The van der Waals surface area contributed by atoms with Gasteiger partial charge in [0.05, 0.1) is 0 Å². The maximum absolute atomic E-state index is 11.6. The third-order valence-corrected chi connectivity index (χ3v) is 3.21. The van der Waals surface area contributed by atoms with Crippen LogP contribution in [0.25, 0.3) is 0 Å². The molecule has 1 aliphatic heterocycles. The van der Waals surface area contributed by atoms with E-state index in [1.165, 1.54) is 23.1 Å². The summed E-state index contributed by atoms with van der Waals surface area (Å²) in [5, 5.41) is 18.3. The highest BCUT2D eigenvalue weighted by molar-refractivity contribution is 9.09. The molecule has 1 heterocycles. The van der Waals surface area contributed by atoms with Crippen molar-refractivity contribution in [2.45, 2.75) is 11.2 Å². The lowest BCUT2D eigenvalue weighted by Gasteiger charge is -2.16. The van der Waals surface area contributed by atoms with Crippen LogP contribution in [0.5, 0.6) is 5.75 Å². The normalized spacial score (nSPS) is 19.7. The summed E-state index contributed by atoms with van der Waals surface area (Å²) in [5.74, 6) is -1.58. The number of nitrogens with zero attached hydrogens (tertiary/aromatic N) is 1. The molecule has 0 aliphatic carbocycles. The van der Waals surface area contributed by atoms with Gasteiger partial charge in [0.15, 0.2) is 0 Å². The summed E-state index contributed by atoms with van der Waals surface area (Å²) in [6.07, 6.45) is 0.392. The summed E-state index contributed by atoms with van der Waals surface area (Å²) in [7, 11) is 0. The second-order valence-corrected chi connectivity index (χ2v) is 5.11. The van der Waals surface area contributed by atoms with Gasteiger partial charge in [-0.15, -0.1) is 0 Å². The van der Waals surface area contributed by atoms with Gasteiger partial charge in [-0.3, -0.25) is 4.79 Å². The van der Waals surface area contributed by atoms with Crippen LogP contribution in [0.3, 0.4) is 0 Å². The Morgan fingerprint density at radius 2 is 2.18 bits per heavy atom. The Kier molecular flexibility index (Phi) is 3.06. The van der Waals surface area contributed by atoms with Crippen molar-refractivity contribution >= 4 is 33.5 Å². The SMILES string of the molecule is O=C(O)c1cc(N2CC(Br)CC2=O)ccc1O. The predicted octanol–water partition coefficient (Wildman–Crippen LogP) is 1.59. The first-order valence-corrected chi connectivity index (χ1v) is 5.91. The van der Waals surface area contributed by atoms with Crippen LogP contribution in [0.15, 0.2) is 18.2 Å². The smallest absolute Gasteiger partial charge is 0.339 e. The van der Waals surface area contributed by atoms with E-state index in [1.54, 1.807) is 0 Å². The molecule has 0 saturated carbocycles. The highest BCUT2D eigenvalue weighted by atomic mass is 79.9. The van der Waals surface area contributed by atoms with Crippen molar-refractivity contribution in [3.63, 3.8) is 0 Å². The van der Waals surface area contributed by atoms with Gasteiger partial charge in [-0.25, -0.2) is 4.79 Å². The number of aromatic carboxylic acids is 1. The van der Waals surface area contributed by atoms with Crippen LogP contribution in [-0.2, 0) is 4.79 Å². The molecule has 17 heavy (non-hydrogen) atoms. The average molecular weight is 300 g/mol. The third-order valence-electron chi connectivity index (χ3n) is 2.60. The number of benzene rings is 1. The van der Waals surface area contributed by atoms with Crippen molar-refractivity contribution in [3.8, 4) is 5.75 Å². The monoisotopic (exact) mass is 299 g/mol. The van der Waals surface area contributed by atoms with Crippen molar-refractivity contribution in [1.82, 2.24) is 0 Å². The number of carboxylic acid groups (broad SMARTS) is 1. The minimum absolute atomic E-state index is 0.0612. The average Bonchev–Trinajstić information content (AvgIpc) is 2.58. The van der Waals surface area contributed by atoms with Crippen molar-refractivity contribution < 1.29 is 19.8 Å². The fourth-order valence-electron chi connectivity index (χ4n) is 1.78. The largest absolute Gasteiger partial charge is 0.507 e. The number of hydrogen-bond donors (Lipinski definition) is 2. The minimum atomic E-state index is -1.22. The van der Waals surface area contributed by atoms with Gasteiger partial charge < -0.3 is 15.1 Å². The Morgan fingerprint density at radius 3 is 2.71 bits per heavy atom. The quantitative estimate of drug-likeness (QED) is 0.813. The lowest BCUT2D eigenvalue weighted by molar-refractivity contribution is -0.117. The molecule has 90 valence electrons. The van der Waals surface area contributed by atoms with Crippen LogP contribution in [0.4, 0.5) is 5.69 Å². The van der Waals surface area contributed by atoms with E-state index < -0.39 is 5.97 Å². The van der Waals surface area contributed by atoms with Crippen molar-refractivity contribution in [2.24, 2.45) is 0 Å². The first kappa shape index (κ1) is 11.9. The Labute approximate surface area is 106 Å². The van der Waals surface area contributed by atoms with Gasteiger partial charge in [-0.1, -0.05) is 15.9 Å². The zero-order valence-electron chi connectivity index (χ0n) is 8.76. The standard InChI is InChI=1S/C11H10BrNO4/c12-6-3-10(15)13(5-6)7-1-2-9(14)8(4-7)11(16)17/h1-2,4,6,14H,3,5H2,(H,16,17). The molecule has 1 unspecified atom stereocenters. The van der Waals surface area contributed by atoms with Gasteiger partial charge in [0.25, 0.3) is 0 Å². The molecule has 0 spiro atoms. The molecule has 6 heteroatoms. The molecule has 1 fully saturated rings. The summed E-state index contributed by atoms with van der Waals surface area (Å²) >= 11 is 3.35. The summed E-state index contributed by atoms with van der Waals surface area (Å²) < 4.78 is 0. The number of anilines is 1. The third kappa shape index (κ3) is 2.26. The van der Waals surface area contributed by atoms with E-state index in [4.69, 9.17) is 5.11 Å². The number of carbonyl (C=O) groups excluding carboxylic acids is 1. The molecule has 1 atom stereocenters. The topological polar surface area (TPSA) is 77.8 Å². The lowest BCUT2D eigenvalue weighted by atomic mass is 10.1. The van der Waals surface area contributed by atoms with E-state index in [9.17, 15) is 14.7 Å². The molecule has 0 radical (unpaired) electrons. The maximum Gasteiger partial charge on any atom is 0.339 e. The molecule has 2 N–H and O–H groups in total. The highest BCUT2D eigenvalue weighted by Crippen LogP contribution is 2.29. The fourth-order valence-corrected chi connectivity index (χ4v) is 2.34. The van der Waals surface area contributed by atoms with E-state index >= 15 is 0 Å². The van der Waals surface area contributed by atoms with Gasteiger partial charge >= 0.3 is 5.97 Å². The first-order valence-electron chi connectivity index (χ1n) is 5.00. The Morgan fingerprint density at radius 1 is 1.47 bits per heavy atom. The zero-order chi connectivity index (χ0) is 12.6. The molecule has 0 bridgehead atoms. The second-order valence-electron chi connectivity index (χ2n) is 3.81. The molecule has 1 saturated heterocycles. The molecule has 1 aromatic rings. The van der Waals surface area contributed by atoms with Gasteiger partial charge in [-0.05, 0) is 18.2 Å². The van der Waals surface area contributed by atoms with E-state index in [-0.39, 0.29) is 22.0 Å². The number of phenols is 1. The minimum Gasteiger partial charge on any atom is -0.507 e. The van der Waals surface area contributed by atoms with Crippen LogP contribution < -0.4 is 4.90 Å². The van der Waals surface area contributed by atoms with Crippen LogP contribution in [-0.4, -0.2) is 33.5 Å². The number of halogens is 1. The summed E-state index contributed by atoms with van der Waals surface area (Å²) in [6.45, 7) is 0.503. The summed E-state index contributed by atoms with van der Waals surface area (Å²) in [4.78, 5) is 24.1. The van der Waals surface area contributed by atoms with E-state index in [1.807, 2.05) is 0 Å². The number of alkyl halides is 1. The van der Waals surface area contributed by atoms with Crippen molar-refractivity contribution in [1.29, 1.82) is 0 Å². The predicted molar refractivity (Wildman–Crippen MR) is 64.8 cm³/mol. The number of amides is 1. The molecule has 5 nitrogen and oxygen atoms in total. The number of carbonyl (C=O) groups is 2. The molecular weight excluding hydrogens is 290 g/mol. The maximum atomic E-state index is 11.6. The lowest BCUT2D eigenvalue weighted by Crippen LogP contribution is -2.24. The second kappa shape index (κ2) is 4.37. The first-order chi connectivity index (χ1) is 7.99. The number of carboxylic acids is 1.